The molecule has 0 aromatic carbocycles. The van der Waals surface area contributed by atoms with Gasteiger partial charge in [-0.2, -0.15) is 0 Å². The van der Waals surface area contributed by atoms with Gasteiger partial charge in [0.2, 0.25) is 5.88 Å². The second-order valence-corrected chi connectivity index (χ2v) is 4.14. The summed E-state index contributed by atoms with van der Waals surface area (Å²) in [5.74, 6) is 0.428. The molecule has 1 aliphatic heterocycles. The summed E-state index contributed by atoms with van der Waals surface area (Å²) in [6.07, 6.45) is 3.48. The fourth-order valence-corrected chi connectivity index (χ4v) is 1.93. The van der Waals surface area contributed by atoms with E-state index in [2.05, 4.69) is 10.3 Å². The van der Waals surface area contributed by atoms with Crippen molar-refractivity contribution in [2.45, 2.75) is 31.9 Å². The third-order valence-corrected chi connectivity index (χ3v) is 2.90. The molecule has 2 atom stereocenters. The topological polar surface area (TPSA) is 77.3 Å². The van der Waals surface area contributed by atoms with Crippen LogP contribution in [0.1, 0.15) is 19.8 Å². The van der Waals surface area contributed by atoms with Crippen LogP contribution < -0.4 is 10.1 Å². The quantitative estimate of drug-likeness (QED) is 0.634. The Balaban J connectivity index is 1.96. The van der Waals surface area contributed by atoms with Crippen LogP contribution in [0.3, 0.4) is 0 Å². The highest BCUT2D eigenvalue weighted by atomic mass is 16.6. The van der Waals surface area contributed by atoms with Crippen molar-refractivity contribution in [1.29, 1.82) is 0 Å². The van der Waals surface area contributed by atoms with Crippen LogP contribution in [0.2, 0.25) is 0 Å². The average Bonchev–Trinajstić information content (AvgIpc) is 2.83. The summed E-state index contributed by atoms with van der Waals surface area (Å²) in [6, 6.07) is 3.27. The Hall–Kier alpha value is -1.69. The number of rotatable bonds is 4. The van der Waals surface area contributed by atoms with E-state index in [-0.39, 0.29) is 11.8 Å². The fourth-order valence-electron chi connectivity index (χ4n) is 1.93. The number of nitro groups is 1. The molecule has 1 fully saturated rings. The molecule has 0 amide bonds. The molecule has 92 valence electrons. The van der Waals surface area contributed by atoms with Gasteiger partial charge in [-0.25, -0.2) is 4.98 Å². The molecule has 6 nitrogen and oxygen atoms in total. The van der Waals surface area contributed by atoms with Crippen molar-refractivity contribution in [3.8, 4) is 5.88 Å². The van der Waals surface area contributed by atoms with Crippen molar-refractivity contribution >= 4 is 5.69 Å². The number of nitrogens with one attached hydrogen (secondary N) is 1. The predicted octanol–water partition coefficient (Wildman–Crippen LogP) is 1.51. The first-order valence-electron chi connectivity index (χ1n) is 5.67. The standard InChI is InChI=1S/C11H15N3O3/c1-8(10-3-2-6-12-10)17-11-5-4-9(7-13-11)14(15)16/h4-5,7-8,10,12H,2-3,6H2,1H3/t8-,10?/m0/s1. The minimum absolute atomic E-state index is 0.0199. The summed E-state index contributed by atoms with van der Waals surface area (Å²) >= 11 is 0. The van der Waals surface area contributed by atoms with Crippen molar-refractivity contribution < 1.29 is 9.66 Å². The third-order valence-electron chi connectivity index (χ3n) is 2.90. The SMILES string of the molecule is C[C@H](Oc1ccc([N+](=O)[O-])cn1)C1CCCN1. The molecular formula is C11H15N3O3. The summed E-state index contributed by atoms with van der Waals surface area (Å²) < 4.78 is 5.64. The van der Waals surface area contributed by atoms with Crippen molar-refractivity contribution in [3.05, 3.63) is 28.4 Å². The van der Waals surface area contributed by atoms with Gasteiger partial charge in [0.1, 0.15) is 12.3 Å². The van der Waals surface area contributed by atoms with Crippen LogP contribution in [0.4, 0.5) is 5.69 Å². The van der Waals surface area contributed by atoms with Crippen molar-refractivity contribution in [2.75, 3.05) is 6.54 Å². The van der Waals surface area contributed by atoms with Crippen LogP contribution in [-0.2, 0) is 0 Å². The molecule has 1 unspecified atom stereocenters. The number of hydrogen-bond acceptors (Lipinski definition) is 5. The monoisotopic (exact) mass is 237 g/mol. The van der Waals surface area contributed by atoms with Gasteiger partial charge in [-0.1, -0.05) is 0 Å². The molecule has 1 aromatic rings. The highest BCUT2D eigenvalue weighted by molar-refractivity contribution is 5.28. The Morgan fingerprint density at radius 3 is 3.00 bits per heavy atom. The predicted molar refractivity (Wildman–Crippen MR) is 62.0 cm³/mol. The smallest absolute Gasteiger partial charge is 0.287 e. The van der Waals surface area contributed by atoms with E-state index in [1.54, 1.807) is 0 Å². The number of nitrogens with zero attached hydrogens (tertiary/aromatic N) is 2. The Morgan fingerprint density at radius 1 is 1.65 bits per heavy atom. The maximum Gasteiger partial charge on any atom is 0.287 e. The fraction of sp³-hybridized carbons (Fsp3) is 0.545. The van der Waals surface area contributed by atoms with Gasteiger partial charge in [0.05, 0.1) is 4.92 Å². The zero-order valence-electron chi connectivity index (χ0n) is 9.63. The second-order valence-electron chi connectivity index (χ2n) is 4.14. The molecular weight excluding hydrogens is 222 g/mol. The normalized spacial score (nSPS) is 21.1. The van der Waals surface area contributed by atoms with Gasteiger partial charge in [0.25, 0.3) is 5.69 Å². The minimum Gasteiger partial charge on any atom is -0.473 e. The largest absolute Gasteiger partial charge is 0.473 e. The molecule has 6 heteroatoms. The van der Waals surface area contributed by atoms with Crippen molar-refractivity contribution in [1.82, 2.24) is 10.3 Å². The molecule has 2 heterocycles. The molecule has 17 heavy (non-hydrogen) atoms. The van der Waals surface area contributed by atoms with E-state index in [0.717, 1.165) is 19.4 Å². The Kier molecular flexibility index (Phi) is 3.53. The molecule has 0 radical (unpaired) electrons. The molecule has 1 aromatic heterocycles. The molecule has 1 saturated heterocycles. The molecule has 2 rings (SSSR count). The highest BCUT2D eigenvalue weighted by Crippen LogP contribution is 2.17. The lowest BCUT2D eigenvalue weighted by atomic mass is 10.1. The van der Waals surface area contributed by atoms with Gasteiger partial charge >= 0.3 is 0 Å². The van der Waals surface area contributed by atoms with E-state index in [9.17, 15) is 10.1 Å². The van der Waals surface area contributed by atoms with Crippen LogP contribution in [0.15, 0.2) is 18.3 Å². The first-order valence-corrected chi connectivity index (χ1v) is 5.67. The Bertz CT molecular complexity index is 387. The zero-order chi connectivity index (χ0) is 12.3. The van der Waals surface area contributed by atoms with Gasteiger partial charge in [-0.15, -0.1) is 0 Å². The molecule has 0 spiro atoms. The van der Waals surface area contributed by atoms with Crippen LogP contribution in [-0.4, -0.2) is 28.6 Å². The lowest BCUT2D eigenvalue weighted by molar-refractivity contribution is -0.385. The van der Waals surface area contributed by atoms with Crippen LogP contribution >= 0.6 is 0 Å². The van der Waals surface area contributed by atoms with Crippen molar-refractivity contribution in [3.63, 3.8) is 0 Å². The highest BCUT2D eigenvalue weighted by Gasteiger charge is 2.22. The van der Waals surface area contributed by atoms with Gasteiger partial charge in [0, 0.05) is 18.2 Å². The van der Waals surface area contributed by atoms with Gasteiger partial charge in [-0.05, 0) is 26.3 Å². The number of ether oxygens (including phenoxy) is 1. The van der Waals surface area contributed by atoms with Crippen LogP contribution in [0.5, 0.6) is 5.88 Å². The van der Waals surface area contributed by atoms with E-state index < -0.39 is 4.92 Å². The maximum atomic E-state index is 10.5. The first-order chi connectivity index (χ1) is 8.16. The lowest BCUT2D eigenvalue weighted by Gasteiger charge is -2.20. The average molecular weight is 237 g/mol. The van der Waals surface area contributed by atoms with E-state index in [4.69, 9.17) is 4.74 Å². The number of aromatic nitrogens is 1. The summed E-state index contributed by atoms with van der Waals surface area (Å²) in [6.45, 7) is 3.00. The lowest BCUT2D eigenvalue weighted by Crippen LogP contribution is -2.36. The maximum absolute atomic E-state index is 10.5. The van der Waals surface area contributed by atoms with E-state index in [1.807, 2.05) is 6.92 Å². The Morgan fingerprint density at radius 2 is 2.47 bits per heavy atom. The van der Waals surface area contributed by atoms with Gasteiger partial charge < -0.3 is 10.1 Å². The summed E-state index contributed by atoms with van der Waals surface area (Å²) in [4.78, 5) is 13.9. The number of pyridine rings is 1. The van der Waals surface area contributed by atoms with Crippen molar-refractivity contribution in [2.24, 2.45) is 0 Å². The van der Waals surface area contributed by atoms with Crippen LogP contribution in [0.25, 0.3) is 0 Å². The van der Waals surface area contributed by atoms with Crippen LogP contribution in [0, 0.1) is 10.1 Å². The Labute approximate surface area is 99.2 Å². The molecule has 0 saturated carbocycles. The molecule has 1 N–H and O–H groups in total. The molecule has 0 aliphatic carbocycles. The minimum atomic E-state index is -0.473. The summed E-state index contributed by atoms with van der Waals surface area (Å²) in [5.41, 5.74) is -0.0241. The first kappa shape index (κ1) is 11.8. The second kappa shape index (κ2) is 5.09. The zero-order valence-corrected chi connectivity index (χ0v) is 9.63. The molecule has 1 aliphatic rings. The summed E-state index contributed by atoms with van der Waals surface area (Å²) in [5, 5.41) is 13.8. The third kappa shape index (κ3) is 2.91. The van der Waals surface area contributed by atoms with E-state index in [0.29, 0.717) is 11.9 Å². The summed E-state index contributed by atoms with van der Waals surface area (Å²) in [7, 11) is 0. The van der Waals surface area contributed by atoms with Gasteiger partial charge in [0.15, 0.2) is 0 Å². The molecule has 0 bridgehead atoms. The van der Waals surface area contributed by atoms with E-state index in [1.165, 1.54) is 18.3 Å². The van der Waals surface area contributed by atoms with Gasteiger partial charge in [-0.3, -0.25) is 10.1 Å². The number of hydrogen-bond donors (Lipinski definition) is 1. The van der Waals surface area contributed by atoms with E-state index >= 15 is 0 Å².